The maximum Gasteiger partial charge on any atom is 0.231 e. The SMILES string of the molecule is CO/N=C1/C(c2cc3c(cc2OC)OCO3)=CC(=O)c2cc(OC)c(OC)cc21. The van der Waals surface area contributed by atoms with Gasteiger partial charge in [0.1, 0.15) is 18.6 Å². The molecule has 2 aromatic rings. The van der Waals surface area contributed by atoms with Gasteiger partial charge in [0, 0.05) is 28.3 Å². The molecule has 1 aliphatic carbocycles. The van der Waals surface area contributed by atoms with Gasteiger partial charge in [0.25, 0.3) is 0 Å². The average molecular weight is 397 g/mol. The van der Waals surface area contributed by atoms with Crippen molar-refractivity contribution in [2.24, 2.45) is 5.16 Å². The van der Waals surface area contributed by atoms with E-state index < -0.39 is 0 Å². The van der Waals surface area contributed by atoms with E-state index in [1.165, 1.54) is 27.4 Å². The molecule has 0 unspecified atom stereocenters. The van der Waals surface area contributed by atoms with Gasteiger partial charge in [0.15, 0.2) is 28.8 Å². The molecule has 0 spiro atoms. The summed E-state index contributed by atoms with van der Waals surface area (Å²) in [6.07, 6.45) is 1.49. The number of allylic oxidation sites excluding steroid dienone is 2. The van der Waals surface area contributed by atoms with Crippen molar-refractivity contribution in [2.75, 3.05) is 35.2 Å². The molecule has 0 aromatic heterocycles. The van der Waals surface area contributed by atoms with Crippen LogP contribution in [0.5, 0.6) is 28.7 Å². The molecule has 0 fully saturated rings. The van der Waals surface area contributed by atoms with Crippen molar-refractivity contribution in [3.05, 3.63) is 47.0 Å². The van der Waals surface area contributed by atoms with Gasteiger partial charge in [-0.05, 0) is 24.3 Å². The van der Waals surface area contributed by atoms with Crippen LogP contribution in [0.4, 0.5) is 0 Å². The lowest BCUT2D eigenvalue weighted by atomic mass is 9.85. The molecular formula is C21H19NO7. The molecule has 1 aliphatic heterocycles. The number of ether oxygens (including phenoxy) is 5. The quantitative estimate of drug-likeness (QED) is 0.717. The smallest absolute Gasteiger partial charge is 0.231 e. The highest BCUT2D eigenvalue weighted by atomic mass is 16.7. The second-order valence-corrected chi connectivity index (χ2v) is 6.20. The van der Waals surface area contributed by atoms with Crippen molar-refractivity contribution in [3.8, 4) is 28.7 Å². The van der Waals surface area contributed by atoms with E-state index in [1.807, 2.05) is 0 Å². The number of oxime groups is 1. The number of nitrogens with zero attached hydrogens (tertiary/aromatic N) is 1. The highest BCUT2D eigenvalue weighted by Gasteiger charge is 2.31. The van der Waals surface area contributed by atoms with Crippen molar-refractivity contribution in [2.45, 2.75) is 0 Å². The van der Waals surface area contributed by atoms with Crippen LogP contribution in [0.25, 0.3) is 5.57 Å². The Morgan fingerprint density at radius 2 is 1.41 bits per heavy atom. The van der Waals surface area contributed by atoms with Gasteiger partial charge in [-0.2, -0.15) is 0 Å². The first-order chi connectivity index (χ1) is 14.1. The van der Waals surface area contributed by atoms with Crippen molar-refractivity contribution in [1.29, 1.82) is 0 Å². The molecule has 0 amide bonds. The fourth-order valence-corrected chi connectivity index (χ4v) is 3.40. The number of rotatable bonds is 5. The van der Waals surface area contributed by atoms with E-state index in [1.54, 1.807) is 31.4 Å². The first-order valence-corrected chi connectivity index (χ1v) is 8.73. The summed E-state index contributed by atoms with van der Waals surface area (Å²) in [4.78, 5) is 18.0. The van der Waals surface area contributed by atoms with E-state index >= 15 is 0 Å². The van der Waals surface area contributed by atoms with Gasteiger partial charge < -0.3 is 28.5 Å². The summed E-state index contributed by atoms with van der Waals surface area (Å²) in [6.45, 7) is 0.124. The summed E-state index contributed by atoms with van der Waals surface area (Å²) in [7, 11) is 6.03. The maximum absolute atomic E-state index is 13.0. The summed E-state index contributed by atoms with van der Waals surface area (Å²) < 4.78 is 27.2. The third-order valence-corrected chi connectivity index (χ3v) is 4.74. The minimum Gasteiger partial charge on any atom is -0.496 e. The topological polar surface area (TPSA) is 84.8 Å². The van der Waals surface area contributed by atoms with Gasteiger partial charge in [0.2, 0.25) is 6.79 Å². The van der Waals surface area contributed by atoms with Gasteiger partial charge in [-0.1, -0.05) is 5.16 Å². The highest BCUT2D eigenvalue weighted by molar-refractivity contribution is 6.41. The van der Waals surface area contributed by atoms with Crippen LogP contribution in [0.1, 0.15) is 21.5 Å². The first-order valence-electron chi connectivity index (χ1n) is 8.73. The fraction of sp³-hybridized carbons (Fsp3) is 0.238. The molecule has 0 bridgehead atoms. The van der Waals surface area contributed by atoms with E-state index in [4.69, 9.17) is 28.5 Å². The normalized spacial score (nSPS) is 15.7. The predicted octanol–water partition coefficient (Wildman–Crippen LogP) is 3.07. The van der Waals surface area contributed by atoms with Gasteiger partial charge in [-0.3, -0.25) is 4.79 Å². The molecule has 4 rings (SSSR count). The summed E-state index contributed by atoms with van der Waals surface area (Å²) in [6, 6.07) is 6.82. The maximum atomic E-state index is 13.0. The number of carbonyl (C=O) groups is 1. The Balaban J connectivity index is 1.93. The molecule has 150 valence electrons. The Kier molecular flexibility index (Phi) is 4.75. The lowest BCUT2D eigenvalue weighted by Gasteiger charge is -2.21. The zero-order valence-electron chi connectivity index (χ0n) is 16.4. The third kappa shape index (κ3) is 3.02. The Labute approximate surface area is 167 Å². The van der Waals surface area contributed by atoms with E-state index in [0.717, 1.165) is 0 Å². The molecule has 0 saturated carbocycles. The molecule has 1 heterocycles. The van der Waals surface area contributed by atoms with Crippen LogP contribution in [0.3, 0.4) is 0 Å². The van der Waals surface area contributed by atoms with Crippen molar-refractivity contribution >= 4 is 17.1 Å². The minimum atomic E-state index is -0.203. The number of carbonyl (C=O) groups excluding carboxylic acids is 1. The van der Waals surface area contributed by atoms with Crippen LogP contribution in [-0.2, 0) is 4.84 Å². The van der Waals surface area contributed by atoms with Crippen LogP contribution in [0.15, 0.2) is 35.5 Å². The second-order valence-electron chi connectivity index (χ2n) is 6.20. The molecule has 0 saturated heterocycles. The summed E-state index contributed by atoms with van der Waals surface area (Å²) >= 11 is 0. The molecule has 29 heavy (non-hydrogen) atoms. The summed E-state index contributed by atoms with van der Waals surface area (Å²) in [5.41, 5.74) is 2.61. The molecule has 2 aromatic carbocycles. The Morgan fingerprint density at radius 1 is 0.793 bits per heavy atom. The van der Waals surface area contributed by atoms with Crippen LogP contribution in [-0.4, -0.2) is 46.7 Å². The van der Waals surface area contributed by atoms with E-state index in [2.05, 4.69) is 5.16 Å². The number of hydrogen-bond acceptors (Lipinski definition) is 8. The first kappa shape index (κ1) is 18.7. The van der Waals surface area contributed by atoms with Crippen molar-refractivity contribution in [3.63, 3.8) is 0 Å². The highest BCUT2D eigenvalue weighted by Crippen LogP contribution is 2.43. The number of ketones is 1. The van der Waals surface area contributed by atoms with Crippen LogP contribution in [0, 0.1) is 0 Å². The van der Waals surface area contributed by atoms with E-state index in [-0.39, 0.29) is 12.6 Å². The number of hydrogen-bond donors (Lipinski definition) is 0. The average Bonchev–Trinajstić information content (AvgIpc) is 3.21. The molecule has 0 atom stereocenters. The third-order valence-electron chi connectivity index (χ3n) is 4.74. The largest absolute Gasteiger partial charge is 0.496 e. The Bertz CT molecular complexity index is 1060. The monoisotopic (exact) mass is 397 g/mol. The van der Waals surface area contributed by atoms with Crippen LogP contribution in [0.2, 0.25) is 0 Å². The molecule has 0 radical (unpaired) electrons. The zero-order chi connectivity index (χ0) is 20.5. The zero-order valence-corrected chi connectivity index (χ0v) is 16.4. The number of benzene rings is 2. The molecular weight excluding hydrogens is 378 g/mol. The lowest BCUT2D eigenvalue weighted by Crippen LogP contribution is -2.18. The standard InChI is InChI=1S/C21H19NO7/c1-24-16-9-20-19(28-10-29-20)7-12(16)13-5-15(23)11-6-17(25-2)18(26-3)8-14(11)21(13)22-27-4/h5-9H,10H2,1-4H3/b22-21-. The summed E-state index contributed by atoms with van der Waals surface area (Å²) in [5, 5.41) is 4.19. The number of fused-ring (bicyclic) bond motifs is 2. The lowest BCUT2D eigenvalue weighted by molar-refractivity contribution is 0.104. The molecule has 8 heteroatoms. The van der Waals surface area contributed by atoms with Crippen LogP contribution < -0.4 is 23.7 Å². The predicted molar refractivity (Wildman–Crippen MR) is 105 cm³/mol. The van der Waals surface area contributed by atoms with Crippen molar-refractivity contribution < 1.29 is 33.3 Å². The molecule has 2 aliphatic rings. The Hall–Kier alpha value is -3.68. The van der Waals surface area contributed by atoms with Gasteiger partial charge in [0.05, 0.1) is 21.3 Å². The number of methoxy groups -OCH3 is 3. The van der Waals surface area contributed by atoms with Crippen LogP contribution >= 0.6 is 0 Å². The molecule has 0 N–H and O–H groups in total. The summed E-state index contributed by atoms with van der Waals surface area (Å²) in [5.74, 6) is 2.37. The fourth-order valence-electron chi connectivity index (χ4n) is 3.40. The minimum absolute atomic E-state index is 0.124. The van der Waals surface area contributed by atoms with E-state index in [9.17, 15) is 4.79 Å². The van der Waals surface area contributed by atoms with E-state index in [0.29, 0.717) is 56.7 Å². The van der Waals surface area contributed by atoms with Crippen molar-refractivity contribution in [1.82, 2.24) is 0 Å². The van der Waals surface area contributed by atoms with Gasteiger partial charge in [-0.15, -0.1) is 0 Å². The van der Waals surface area contributed by atoms with Gasteiger partial charge in [-0.25, -0.2) is 0 Å². The molecule has 8 nitrogen and oxygen atoms in total. The second kappa shape index (κ2) is 7.38. The Morgan fingerprint density at radius 3 is 2.03 bits per heavy atom. The van der Waals surface area contributed by atoms with Gasteiger partial charge >= 0.3 is 0 Å².